The summed E-state index contributed by atoms with van der Waals surface area (Å²) < 4.78 is 5.58. The third kappa shape index (κ3) is 4.52. The van der Waals surface area contributed by atoms with Crippen LogP contribution in [-0.4, -0.2) is 18.3 Å². The molecule has 0 spiro atoms. The summed E-state index contributed by atoms with van der Waals surface area (Å²) in [5.74, 6) is 2.63. The maximum atomic E-state index is 8.74. The second-order valence-electron chi connectivity index (χ2n) is 6.00. The van der Waals surface area contributed by atoms with Crippen LogP contribution in [0.25, 0.3) is 0 Å². The molecule has 2 nitrogen and oxygen atoms in total. The molecule has 0 atom stereocenters. The van der Waals surface area contributed by atoms with E-state index in [1.165, 1.54) is 44.1 Å². The average molecular weight is 276 g/mol. The highest BCUT2D eigenvalue weighted by Crippen LogP contribution is 2.37. The van der Waals surface area contributed by atoms with Crippen LogP contribution in [-0.2, 0) is 0 Å². The topological polar surface area (TPSA) is 29.5 Å². The molecule has 2 heteroatoms. The van der Waals surface area contributed by atoms with Gasteiger partial charge in [-0.05, 0) is 55.2 Å². The lowest BCUT2D eigenvalue weighted by molar-refractivity contribution is 0.233. The largest absolute Gasteiger partial charge is 0.494 e. The number of aliphatic hydroxyl groups excluding tert-OH is 1. The Bertz CT molecular complexity index is 364. The van der Waals surface area contributed by atoms with E-state index in [1.807, 2.05) is 0 Å². The number of benzene rings is 1. The van der Waals surface area contributed by atoms with Crippen LogP contribution in [0.5, 0.6) is 5.75 Å². The molecule has 1 aromatic rings. The molecule has 0 heterocycles. The van der Waals surface area contributed by atoms with Crippen molar-refractivity contribution in [2.75, 3.05) is 13.2 Å². The summed E-state index contributed by atoms with van der Waals surface area (Å²) in [6.07, 6.45) is 8.91. The smallest absolute Gasteiger partial charge is 0.119 e. The Balaban J connectivity index is 1.81. The van der Waals surface area contributed by atoms with Crippen molar-refractivity contribution in [1.82, 2.24) is 0 Å². The molecular weight excluding hydrogens is 248 g/mol. The number of hydrogen-bond acceptors (Lipinski definition) is 2. The average Bonchev–Trinajstić information content (AvgIpc) is 2.49. The number of ether oxygens (including phenoxy) is 1. The first-order chi connectivity index (χ1) is 9.83. The summed E-state index contributed by atoms with van der Waals surface area (Å²) in [4.78, 5) is 0. The molecular formula is C18H28O2. The molecule has 0 aliphatic heterocycles. The molecule has 1 fully saturated rings. The molecule has 0 aromatic heterocycles. The van der Waals surface area contributed by atoms with Gasteiger partial charge in [-0.15, -0.1) is 0 Å². The SMILES string of the molecule is CCCC1CCC(c2ccc(OCCCO)cc2)CC1. The van der Waals surface area contributed by atoms with Crippen LogP contribution in [0.15, 0.2) is 24.3 Å². The minimum atomic E-state index is 0.194. The minimum absolute atomic E-state index is 0.194. The van der Waals surface area contributed by atoms with Gasteiger partial charge in [0.1, 0.15) is 5.75 Å². The van der Waals surface area contributed by atoms with E-state index in [9.17, 15) is 0 Å². The van der Waals surface area contributed by atoms with E-state index < -0.39 is 0 Å². The van der Waals surface area contributed by atoms with Crippen molar-refractivity contribution in [3.05, 3.63) is 29.8 Å². The zero-order chi connectivity index (χ0) is 14.2. The molecule has 1 saturated carbocycles. The lowest BCUT2D eigenvalue weighted by atomic mass is 9.77. The van der Waals surface area contributed by atoms with E-state index in [2.05, 4.69) is 31.2 Å². The van der Waals surface area contributed by atoms with Crippen molar-refractivity contribution in [1.29, 1.82) is 0 Å². The maximum absolute atomic E-state index is 8.74. The summed E-state index contributed by atoms with van der Waals surface area (Å²) in [6.45, 7) is 3.08. The van der Waals surface area contributed by atoms with Gasteiger partial charge < -0.3 is 9.84 Å². The van der Waals surface area contributed by atoms with Crippen molar-refractivity contribution in [3.8, 4) is 5.75 Å². The van der Waals surface area contributed by atoms with Crippen LogP contribution in [0.2, 0.25) is 0 Å². The second-order valence-corrected chi connectivity index (χ2v) is 6.00. The Kier molecular flexibility index (Phi) is 6.38. The summed E-state index contributed by atoms with van der Waals surface area (Å²) in [6, 6.07) is 8.59. The number of aliphatic hydroxyl groups is 1. The van der Waals surface area contributed by atoms with Gasteiger partial charge in [-0.25, -0.2) is 0 Å². The number of rotatable bonds is 7. The van der Waals surface area contributed by atoms with Crippen LogP contribution in [0.1, 0.15) is 63.4 Å². The van der Waals surface area contributed by atoms with Crippen molar-refractivity contribution in [3.63, 3.8) is 0 Å². The van der Waals surface area contributed by atoms with Gasteiger partial charge in [-0.1, -0.05) is 31.9 Å². The minimum Gasteiger partial charge on any atom is -0.494 e. The number of hydrogen-bond donors (Lipinski definition) is 1. The summed E-state index contributed by atoms with van der Waals surface area (Å²) in [7, 11) is 0. The van der Waals surface area contributed by atoms with Crippen LogP contribution < -0.4 is 4.74 Å². The Hall–Kier alpha value is -1.02. The highest BCUT2D eigenvalue weighted by atomic mass is 16.5. The van der Waals surface area contributed by atoms with Crippen LogP contribution in [0.4, 0.5) is 0 Å². The first kappa shape index (κ1) is 15.4. The molecule has 0 unspecified atom stereocenters. The third-order valence-corrected chi connectivity index (χ3v) is 4.47. The van der Waals surface area contributed by atoms with Crippen LogP contribution in [0, 0.1) is 5.92 Å². The van der Waals surface area contributed by atoms with Gasteiger partial charge in [0.15, 0.2) is 0 Å². The van der Waals surface area contributed by atoms with Crippen LogP contribution in [0.3, 0.4) is 0 Å². The van der Waals surface area contributed by atoms with E-state index >= 15 is 0 Å². The first-order valence-corrected chi connectivity index (χ1v) is 8.17. The third-order valence-electron chi connectivity index (χ3n) is 4.47. The van der Waals surface area contributed by atoms with E-state index in [0.717, 1.165) is 17.6 Å². The monoisotopic (exact) mass is 276 g/mol. The first-order valence-electron chi connectivity index (χ1n) is 8.17. The van der Waals surface area contributed by atoms with Gasteiger partial charge in [-0.3, -0.25) is 0 Å². The van der Waals surface area contributed by atoms with Crippen molar-refractivity contribution >= 4 is 0 Å². The van der Waals surface area contributed by atoms with E-state index in [0.29, 0.717) is 13.0 Å². The molecule has 2 rings (SSSR count). The van der Waals surface area contributed by atoms with Gasteiger partial charge >= 0.3 is 0 Å². The van der Waals surface area contributed by atoms with Crippen molar-refractivity contribution in [2.45, 2.75) is 57.8 Å². The van der Waals surface area contributed by atoms with E-state index in [1.54, 1.807) is 0 Å². The standard InChI is InChI=1S/C18H28O2/c1-2-4-15-5-7-16(8-6-15)17-9-11-18(12-10-17)20-14-3-13-19/h9-12,15-16,19H,2-8,13-14H2,1H3. The summed E-state index contributed by atoms with van der Waals surface area (Å²) in [5, 5.41) is 8.74. The molecule has 1 aromatic carbocycles. The summed E-state index contributed by atoms with van der Waals surface area (Å²) >= 11 is 0. The predicted octanol–water partition coefficient (Wildman–Crippen LogP) is 4.52. The summed E-state index contributed by atoms with van der Waals surface area (Å²) in [5.41, 5.74) is 1.47. The normalized spacial score (nSPS) is 22.7. The fourth-order valence-corrected chi connectivity index (χ4v) is 3.28. The van der Waals surface area contributed by atoms with Crippen molar-refractivity contribution < 1.29 is 9.84 Å². The quantitative estimate of drug-likeness (QED) is 0.742. The molecule has 1 aliphatic rings. The predicted molar refractivity (Wildman–Crippen MR) is 83.2 cm³/mol. The molecule has 0 amide bonds. The Morgan fingerprint density at radius 3 is 2.40 bits per heavy atom. The Morgan fingerprint density at radius 2 is 1.80 bits per heavy atom. The zero-order valence-corrected chi connectivity index (χ0v) is 12.7. The van der Waals surface area contributed by atoms with Gasteiger partial charge in [0.2, 0.25) is 0 Å². The van der Waals surface area contributed by atoms with E-state index in [-0.39, 0.29) is 6.61 Å². The highest BCUT2D eigenvalue weighted by Gasteiger charge is 2.21. The molecule has 1 aliphatic carbocycles. The fraction of sp³-hybridized carbons (Fsp3) is 0.667. The van der Waals surface area contributed by atoms with Gasteiger partial charge in [0, 0.05) is 13.0 Å². The van der Waals surface area contributed by atoms with Gasteiger partial charge in [0.25, 0.3) is 0 Å². The molecule has 1 N–H and O–H groups in total. The molecule has 0 radical (unpaired) electrons. The lowest BCUT2D eigenvalue weighted by Crippen LogP contribution is -2.13. The van der Waals surface area contributed by atoms with Crippen molar-refractivity contribution in [2.24, 2.45) is 5.92 Å². The van der Waals surface area contributed by atoms with Gasteiger partial charge in [-0.2, -0.15) is 0 Å². The maximum Gasteiger partial charge on any atom is 0.119 e. The van der Waals surface area contributed by atoms with Gasteiger partial charge in [0.05, 0.1) is 6.61 Å². The zero-order valence-electron chi connectivity index (χ0n) is 12.7. The Morgan fingerprint density at radius 1 is 1.10 bits per heavy atom. The van der Waals surface area contributed by atoms with Crippen LogP contribution >= 0.6 is 0 Å². The molecule has 0 bridgehead atoms. The lowest BCUT2D eigenvalue weighted by Gasteiger charge is -2.28. The second kappa shape index (κ2) is 8.31. The fourth-order valence-electron chi connectivity index (χ4n) is 3.28. The van der Waals surface area contributed by atoms with E-state index in [4.69, 9.17) is 9.84 Å². The molecule has 20 heavy (non-hydrogen) atoms. The highest BCUT2D eigenvalue weighted by molar-refractivity contribution is 5.29. The Labute approximate surface area is 123 Å². The molecule has 112 valence electrons. The molecule has 0 saturated heterocycles.